The number of likely N-dealkylation sites (tertiary alicyclic amines) is 1. The zero-order valence-corrected chi connectivity index (χ0v) is 15.3. The van der Waals surface area contributed by atoms with E-state index >= 15 is 0 Å². The zero-order chi connectivity index (χ0) is 18.2. The van der Waals surface area contributed by atoms with Crippen molar-refractivity contribution in [1.82, 2.24) is 20.5 Å². The number of amides is 3. The molecular weight excluding hydrogens is 340 g/mol. The molecule has 25 heavy (non-hydrogen) atoms. The number of likely N-dealkylation sites (N-methyl/N-ethyl adjacent to an activating group) is 1. The number of rotatable bonds is 7. The van der Waals surface area contributed by atoms with Crippen LogP contribution in [0, 0.1) is 0 Å². The van der Waals surface area contributed by atoms with Crippen LogP contribution in [-0.2, 0) is 20.8 Å². The summed E-state index contributed by atoms with van der Waals surface area (Å²) >= 11 is 1.42. The van der Waals surface area contributed by atoms with Gasteiger partial charge >= 0.3 is 0 Å². The zero-order valence-electron chi connectivity index (χ0n) is 14.5. The Morgan fingerprint density at radius 3 is 2.80 bits per heavy atom. The minimum absolute atomic E-state index is 0.0785. The molecule has 2 heterocycles. The Bertz CT molecular complexity index is 585. The van der Waals surface area contributed by atoms with Crippen molar-refractivity contribution in [3.8, 4) is 0 Å². The van der Waals surface area contributed by atoms with Crippen LogP contribution in [0.2, 0.25) is 0 Å². The lowest BCUT2D eigenvalue weighted by molar-refractivity contribution is -0.136. The van der Waals surface area contributed by atoms with Crippen molar-refractivity contribution in [2.45, 2.75) is 31.8 Å². The van der Waals surface area contributed by atoms with E-state index in [0.717, 1.165) is 0 Å². The molecule has 1 aromatic rings. The number of carbonyl (C=O) groups is 3. The second-order valence-corrected chi connectivity index (χ2v) is 6.75. The summed E-state index contributed by atoms with van der Waals surface area (Å²) in [5.41, 5.74) is 0.689. The van der Waals surface area contributed by atoms with Gasteiger partial charge in [-0.2, -0.15) is 11.8 Å². The standard InChI is InChI=1S/C17H24N4O3S/c1-3-18-17(24)14-8-13(10-21(14)16(23)11-25-2)20-15(22)9-12-6-4-5-7-19-12/h4-7,13-14H,3,8-11H2,1-2H3,(H,18,24)(H,20,22). The Morgan fingerprint density at radius 1 is 1.36 bits per heavy atom. The van der Waals surface area contributed by atoms with Crippen molar-refractivity contribution >= 4 is 29.5 Å². The van der Waals surface area contributed by atoms with Crippen molar-refractivity contribution in [2.75, 3.05) is 25.1 Å². The van der Waals surface area contributed by atoms with Crippen molar-refractivity contribution in [1.29, 1.82) is 0 Å². The summed E-state index contributed by atoms with van der Waals surface area (Å²) < 4.78 is 0. The van der Waals surface area contributed by atoms with Gasteiger partial charge in [0.15, 0.2) is 0 Å². The number of nitrogens with zero attached hydrogens (tertiary/aromatic N) is 2. The van der Waals surface area contributed by atoms with E-state index in [1.165, 1.54) is 11.8 Å². The van der Waals surface area contributed by atoms with E-state index in [2.05, 4.69) is 15.6 Å². The number of carbonyl (C=O) groups excluding carboxylic acids is 3. The third-order valence-corrected chi connectivity index (χ3v) is 4.51. The summed E-state index contributed by atoms with van der Waals surface area (Å²) in [4.78, 5) is 42.5. The fourth-order valence-electron chi connectivity index (χ4n) is 2.91. The van der Waals surface area contributed by atoms with Crippen molar-refractivity contribution in [2.24, 2.45) is 0 Å². The quantitative estimate of drug-likeness (QED) is 0.722. The highest BCUT2D eigenvalue weighted by Crippen LogP contribution is 2.19. The van der Waals surface area contributed by atoms with Crippen molar-refractivity contribution < 1.29 is 14.4 Å². The number of pyridine rings is 1. The number of thioether (sulfide) groups is 1. The lowest BCUT2D eigenvalue weighted by atomic mass is 10.1. The lowest BCUT2D eigenvalue weighted by Gasteiger charge is -2.23. The Morgan fingerprint density at radius 2 is 2.16 bits per heavy atom. The molecule has 2 atom stereocenters. The Balaban J connectivity index is 1.98. The van der Waals surface area contributed by atoms with Crippen LogP contribution in [0.3, 0.4) is 0 Å². The molecular formula is C17H24N4O3S. The third kappa shape index (κ3) is 5.45. The average Bonchev–Trinajstić information content (AvgIpc) is 3.00. The molecule has 1 saturated heterocycles. The van der Waals surface area contributed by atoms with Crippen LogP contribution in [0.5, 0.6) is 0 Å². The van der Waals surface area contributed by atoms with Gasteiger partial charge in [0.25, 0.3) is 0 Å². The molecule has 1 aromatic heterocycles. The van der Waals surface area contributed by atoms with E-state index in [1.54, 1.807) is 23.2 Å². The van der Waals surface area contributed by atoms with E-state index in [-0.39, 0.29) is 30.2 Å². The maximum absolute atomic E-state index is 12.3. The minimum Gasteiger partial charge on any atom is -0.355 e. The van der Waals surface area contributed by atoms with E-state index in [1.807, 2.05) is 19.2 Å². The molecule has 2 unspecified atom stereocenters. The van der Waals surface area contributed by atoms with Crippen LogP contribution in [0.25, 0.3) is 0 Å². The van der Waals surface area contributed by atoms with Crippen molar-refractivity contribution in [3.63, 3.8) is 0 Å². The van der Waals surface area contributed by atoms with Crippen LogP contribution in [0.15, 0.2) is 24.4 Å². The highest BCUT2D eigenvalue weighted by Gasteiger charge is 2.39. The summed E-state index contributed by atoms with van der Waals surface area (Å²) in [6, 6.07) is 4.67. The Labute approximate surface area is 151 Å². The molecule has 1 aliphatic rings. The third-order valence-electron chi connectivity index (χ3n) is 3.98. The molecule has 7 nitrogen and oxygen atoms in total. The van der Waals surface area contributed by atoms with Gasteiger partial charge in [-0.25, -0.2) is 0 Å². The number of aromatic nitrogens is 1. The summed E-state index contributed by atoms with van der Waals surface area (Å²) in [5, 5.41) is 5.69. The largest absolute Gasteiger partial charge is 0.355 e. The molecule has 0 radical (unpaired) electrons. The molecule has 0 spiro atoms. The molecule has 8 heteroatoms. The molecule has 2 rings (SSSR count). The average molecular weight is 364 g/mol. The topological polar surface area (TPSA) is 91.4 Å². The SMILES string of the molecule is CCNC(=O)C1CC(NC(=O)Cc2ccccn2)CN1C(=O)CSC. The first kappa shape index (κ1) is 19.2. The van der Waals surface area contributed by atoms with E-state index in [9.17, 15) is 14.4 Å². The molecule has 1 fully saturated rings. The maximum Gasteiger partial charge on any atom is 0.242 e. The summed E-state index contributed by atoms with van der Waals surface area (Å²) in [6.07, 6.45) is 4.11. The predicted molar refractivity (Wildman–Crippen MR) is 97.1 cm³/mol. The van der Waals surface area contributed by atoms with Crippen LogP contribution in [0.4, 0.5) is 0 Å². The number of hydrogen-bond acceptors (Lipinski definition) is 5. The highest BCUT2D eigenvalue weighted by atomic mass is 32.2. The van der Waals surface area contributed by atoms with Gasteiger partial charge in [-0.3, -0.25) is 19.4 Å². The van der Waals surface area contributed by atoms with Crippen LogP contribution in [0.1, 0.15) is 19.0 Å². The summed E-state index contributed by atoms with van der Waals surface area (Å²) in [6.45, 7) is 2.71. The highest BCUT2D eigenvalue weighted by molar-refractivity contribution is 7.99. The first-order valence-electron chi connectivity index (χ1n) is 8.30. The van der Waals surface area contributed by atoms with Crippen molar-refractivity contribution in [3.05, 3.63) is 30.1 Å². The monoisotopic (exact) mass is 364 g/mol. The normalized spacial score (nSPS) is 19.5. The first-order valence-corrected chi connectivity index (χ1v) is 9.70. The van der Waals surface area contributed by atoms with Gasteiger partial charge < -0.3 is 15.5 Å². The van der Waals surface area contributed by atoms with Gasteiger partial charge in [0.2, 0.25) is 17.7 Å². The molecule has 0 bridgehead atoms. The fourth-order valence-corrected chi connectivity index (χ4v) is 3.32. The summed E-state index contributed by atoms with van der Waals surface area (Å²) in [5.74, 6) is -0.0778. The molecule has 136 valence electrons. The van der Waals surface area contributed by atoms with Gasteiger partial charge in [-0.1, -0.05) is 6.07 Å². The number of hydrogen-bond donors (Lipinski definition) is 2. The minimum atomic E-state index is -0.528. The molecule has 1 aliphatic heterocycles. The summed E-state index contributed by atoms with van der Waals surface area (Å²) in [7, 11) is 0. The maximum atomic E-state index is 12.3. The van der Waals surface area contributed by atoms with E-state index < -0.39 is 6.04 Å². The second-order valence-electron chi connectivity index (χ2n) is 5.89. The van der Waals surface area contributed by atoms with Gasteiger partial charge in [-0.15, -0.1) is 0 Å². The van der Waals surface area contributed by atoms with Gasteiger partial charge in [0.1, 0.15) is 6.04 Å². The Hall–Kier alpha value is -2.09. The van der Waals surface area contributed by atoms with Gasteiger partial charge in [0.05, 0.1) is 12.2 Å². The lowest BCUT2D eigenvalue weighted by Crippen LogP contribution is -2.46. The fraction of sp³-hybridized carbons (Fsp3) is 0.529. The van der Waals surface area contributed by atoms with Gasteiger partial charge in [0, 0.05) is 31.0 Å². The second kappa shape index (κ2) is 9.41. The number of nitrogens with one attached hydrogen (secondary N) is 2. The molecule has 3 amide bonds. The molecule has 0 aromatic carbocycles. The van der Waals surface area contributed by atoms with E-state index in [4.69, 9.17) is 0 Å². The van der Waals surface area contributed by atoms with Gasteiger partial charge in [-0.05, 0) is 31.7 Å². The first-order chi connectivity index (χ1) is 12.0. The van der Waals surface area contributed by atoms with Crippen LogP contribution < -0.4 is 10.6 Å². The molecule has 2 N–H and O–H groups in total. The predicted octanol–water partition coefficient (Wildman–Crippen LogP) is 0.209. The van der Waals surface area contributed by atoms with Crippen LogP contribution in [-0.4, -0.2) is 64.8 Å². The Kier molecular flexibility index (Phi) is 7.24. The molecule has 0 aliphatic carbocycles. The smallest absolute Gasteiger partial charge is 0.242 e. The van der Waals surface area contributed by atoms with Crippen LogP contribution >= 0.6 is 11.8 Å². The van der Waals surface area contributed by atoms with E-state index in [0.29, 0.717) is 31.0 Å². The molecule has 0 saturated carbocycles.